The van der Waals surface area contributed by atoms with Crippen LogP contribution in [-0.2, 0) is 9.59 Å². The molecule has 2 rings (SSSR count). The van der Waals surface area contributed by atoms with Gasteiger partial charge >= 0.3 is 0 Å². The highest BCUT2D eigenvalue weighted by atomic mass is 35.5. The molecule has 1 N–H and O–H groups in total. The molecule has 0 heterocycles. The maximum Gasteiger partial charge on any atom is 0.258 e. The van der Waals surface area contributed by atoms with Gasteiger partial charge in [-0.25, -0.2) is 0 Å². The number of carbonyl (C=O) groups excluding carboxylic acids is 2. The Morgan fingerprint density at radius 2 is 1.42 bits per heavy atom. The molecule has 2 aromatic rings. The number of halogens is 2. The van der Waals surface area contributed by atoms with E-state index in [0.717, 1.165) is 0 Å². The van der Waals surface area contributed by atoms with E-state index in [4.69, 9.17) is 42.1 Å². The summed E-state index contributed by atoms with van der Waals surface area (Å²) in [5.74, 6) is 0.0279. The Hall–Kier alpha value is -3.04. The summed E-state index contributed by atoms with van der Waals surface area (Å²) in [5, 5.41) is 10.8. The summed E-state index contributed by atoms with van der Waals surface area (Å²) in [4.78, 5) is 24.8. The molecule has 0 saturated carbocycles. The number of benzene rings is 2. The monoisotopic (exact) mass is 469 g/mol. The van der Waals surface area contributed by atoms with E-state index in [9.17, 15) is 9.59 Å². The van der Waals surface area contributed by atoms with Gasteiger partial charge < -0.3 is 24.3 Å². The molecule has 0 aliphatic rings. The van der Waals surface area contributed by atoms with Crippen LogP contribution in [0.5, 0.6) is 23.0 Å². The Labute approximate surface area is 189 Å². The summed E-state index contributed by atoms with van der Waals surface area (Å²) in [7, 11) is 5.74. The number of amides is 1. The van der Waals surface area contributed by atoms with Crippen LogP contribution in [0, 0.1) is 0 Å². The first-order valence-corrected chi connectivity index (χ1v) is 9.56. The number of Topliss-reactive ketones (excluding diaryl/α,β-unsaturated/α-hetero) is 1. The van der Waals surface area contributed by atoms with Crippen LogP contribution in [0.25, 0.3) is 0 Å². The number of ketones is 1. The molecule has 0 spiro atoms. The molecule has 166 valence electrons. The number of nitrogens with one attached hydrogen (secondary N) is 1. The highest BCUT2D eigenvalue weighted by Crippen LogP contribution is 2.39. The molecule has 0 aliphatic heterocycles. The van der Waals surface area contributed by atoms with Gasteiger partial charge in [0.1, 0.15) is 33.0 Å². The van der Waals surface area contributed by atoms with Crippen molar-refractivity contribution in [2.24, 2.45) is 10.2 Å². The quantitative estimate of drug-likeness (QED) is 0.420. The largest absolute Gasteiger partial charge is 0.497 e. The van der Waals surface area contributed by atoms with Crippen molar-refractivity contribution in [3.05, 3.63) is 34.3 Å². The lowest BCUT2D eigenvalue weighted by Gasteiger charge is -2.14. The molecule has 0 saturated heterocycles. The first-order chi connectivity index (χ1) is 14.7. The number of anilines is 1. The summed E-state index contributed by atoms with van der Waals surface area (Å²) in [6.07, 6.45) is 0. The minimum absolute atomic E-state index is 0.142. The molecule has 1 atom stereocenters. The van der Waals surface area contributed by atoms with E-state index in [-0.39, 0.29) is 27.2 Å². The summed E-state index contributed by atoms with van der Waals surface area (Å²) < 4.78 is 20.7. The van der Waals surface area contributed by atoms with Gasteiger partial charge in [-0.05, 0) is 6.92 Å². The van der Waals surface area contributed by atoms with Crippen molar-refractivity contribution in [3.8, 4) is 23.0 Å². The number of nitrogens with zero attached hydrogens (tertiary/aromatic N) is 2. The average Bonchev–Trinajstić information content (AvgIpc) is 2.75. The van der Waals surface area contributed by atoms with Crippen LogP contribution in [0.4, 0.5) is 11.4 Å². The normalized spacial score (nSPS) is 11.7. The third-order valence-corrected chi connectivity index (χ3v) is 4.84. The first kappa shape index (κ1) is 24.2. The van der Waals surface area contributed by atoms with Gasteiger partial charge in [-0.15, -0.1) is 0 Å². The summed E-state index contributed by atoms with van der Waals surface area (Å²) in [5.41, 5.74) is 0.470. The van der Waals surface area contributed by atoms with Crippen molar-refractivity contribution in [1.29, 1.82) is 0 Å². The Morgan fingerprint density at radius 1 is 0.871 bits per heavy atom. The zero-order chi connectivity index (χ0) is 23.1. The van der Waals surface area contributed by atoms with Gasteiger partial charge in [0.15, 0.2) is 5.78 Å². The Balaban J connectivity index is 2.33. The minimum Gasteiger partial charge on any atom is -0.497 e. The smallest absolute Gasteiger partial charge is 0.258 e. The standard InChI is InChI=1S/C20H21Cl2N3O6/c1-10(26)19(25-24-11-6-14(29-3)18(22)15(7-11)30-4)20(27)23-13-8-12(28-2)9-16(31-5)17(13)21/h6-9,19H,1-5H3,(H,23,27). The Bertz CT molecular complexity index is 988. The fourth-order valence-electron chi connectivity index (χ4n) is 2.49. The van der Waals surface area contributed by atoms with E-state index in [1.165, 1.54) is 53.6 Å². The highest BCUT2D eigenvalue weighted by Gasteiger charge is 2.25. The lowest BCUT2D eigenvalue weighted by Crippen LogP contribution is -2.32. The van der Waals surface area contributed by atoms with E-state index in [0.29, 0.717) is 17.2 Å². The molecule has 0 aliphatic carbocycles. The Kier molecular flexibility index (Phi) is 8.47. The van der Waals surface area contributed by atoms with Crippen molar-refractivity contribution >= 4 is 46.3 Å². The summed E-state index contributed by atoms with van der Waals surface area (Å²) >= 11 is 12.4. The van der Waals surface area contributed by atoms with E-state index in [2.05, 4.69) is 15.5 Å². The van der Waals surface area contributed by atoms with E-state index in [1.807, 2.05) is 0 Å². The van der Waals surface area contributed by atoms with Crippen LogP contribution < -0.4 is 24.3 Å². The minimum atomic E-state index is -1.43. The number of carbonyl (C=O) groups is 2. The topological polar surface area (TPSA) is 108 Å². The second-order valence-corrected chi connectivity index (χ2v) is 6.83. The van der Waals surface area contributed by atoms with E-state index < -0.39 is 17.7 Å². The number of ether oxygens (including phenoxy) is 4. The van der Waals surface area contributed by atoms with Crippen molar-refractivity contribution in [2.75, 3.05) is 33.8 Å². The molecule has 9 nitrogen and oxygen atoms in total. The number of hydrogen-bond donors (Lipinski definition) is 1. The summed E-state index contributed by atoms with van der Waals surface area (Å²) in [6.45, 7) is 1.22. The lowest BCUT2D eigenvalue weighted by atomic mass is 10.2. The van der Waals surface area contributed by atoms with Crippen LogP contribution in [0.1, 0.15) is 6.92 Å². The van der Waals surface area contributed by atoms with Gasteiger partial charge in [0.05, 0.1) is 39.8 Å². The molecule has 31 heavy (non-hydrogen) atoms. The third-order valence-electron chi connectivity index (χ3n) is 4.08. The number of hydrogen-bond acceptors (Lipinski definition) is 8. The lowest BCUT2D eigenvalue weighted by molar-refractivity contribution is -0.126. The summed E-state index contributed by atoms with van der Waals surface area (Å²) in [6, 6.07) is 4.61. The molecule has 0 radical (unpaired) electrons. The molecule has 1 unspecified atom stereocenters. The van der Waals surface area contributed by atoms with Crippen molar-refractivity contribution in [2.45, 2.75) is 13.0 Å². The Morgan fingerprint density at radius 3 is 1.90 bits per heavy atom. The number of azo groups is 1. The fourth-order valence-corrected chi connectivity index (χ4v) is 2.98. The van der Waals surface area contributed by atoms with Gasteiger partial charge in [-0.2, -0.15) is 10.2 Å². The van der Waals surface area contributed by atoms with Crippen LogP contribution in [-0.4, -0.2) is 46.2 Å². The van der Waals surface area contributed by atoms with E-state index in [1.54, 1.807) is 6.07 Å². The maximum absolute atomic E-state index is 12.7. The maximum atomic E-state index is 12.7. The molecule has 1 amide bonds. The second-order valence-electron chi connectivity index (χ2n) is 6.07. The van der Waals surface area contributed by atoms with Crippen molar-refractivity contribution < 1.29 is 28.5 Å². The van der Waals surface area contributed by atoms with Crippen LogP contribution in [0.15, 0.2) is 34.5 Å². The molecular formula is C20H21Cl2N3O6. The van der Waals surface area contributed by atoms with Gasteiger partial charge in [0, 0.05) is 24.3 Å². The van der Waals surface area contributed by atoms with Gasteiger partial charge in [0.25, 0.3) is 5.91 Å². The van der Waals surface area contributed by atoms with E-state index >= 15 is 0 Å². The SMILES string of the molecule is COc1cc(NC(=O)C(N=Nc2cc(OC)c(Cl)c(OC)c2)C(C)=O)c(Cl)c(OC)c1. The van der Waals surface area contributed by atoms with Gasteiger partial charge in [0.2, 0.25) is 6.04 Å². The number of rotatable bonds is 9. The third kappa shape index (κ3) is 5.77. The van der Waals surface area contributed by atoms with Gasteiger partial charge in [-0.3, -0.25) is 9.59 Å². The van der Waals surface area contributed by atoms with Crippen LogP contribution in [0.2, 0.25) is 10.0 Å². The molecule has 0 fully saturated rings. The van der Waals surface area contributed by atoms with Gasteiger partial charge in [-0.1, -0.05) is 23.2 Å². The van der Waals surface area contributed by atoms with Crippen molar-refractivity contribution in [1.82, 2.24) is 0 Å². The fraction of sp³-hybridized carbons (Fsp3) is 0.300. The second kappa shape index (κ2) is 10.8. The van der Waals surface area contributed by atoms with Crippen molar-refractivity contribution in [3.63, 3.8) is 0 Å². The zero-order valence-electron chi connectivity index (χ0n) is 17.5. The van der Waals surface area contributed by atoms with Crippen LogP contribution in [0.3, 0.4) is 0 Å². The average molecular weight is 470 g/mol. The molecule has 0 bridgehead atoms. The number of methoxy groups -OCH3 is 4. The zero-order valence-corrected chi connectivity index (χ0v) is 19.0. The highest BCUT2D eigenvalue weighted by molar-refractivity contribution is 6.35. The predicted molar refractivity (Wildman–Crippen MR) is 117 cm³/mol. The van der Waals surface area contributed by atoms with Crippen LogP contribution >= 0.6 is 23.2 Å². The molecule has 0 aromatic heterocycles. The first-order valence-electron chi connectivity index (χ1n) is 8.80. The predicted octanol–water partition coefficient (Wildman–Crippen LogP) is 4.71. The molecular weight excluding hydrogens is 449 g/mol. The molecule has 11 heteroatoms. The molecule has 2 aromatic carbocycles.